The largest absolute Gasteiger partial charge is 0.497 e. The Kier molecular flexibility index (Phi) is 8.62. The third-order valence-corrected chi connectivity index (χ3v) is 8.59. The van der Waals surface area contributed by atoms with Gasteiger partial charge in [0, 0.05) is 36.3 Å². The monoisotopic (exact) mass is 522 g/mol. The van der Waals surface area contributed by atoms with Crippen LogP contribution in [0, 0.1) is 17.7 Å². The molecule has 2 fully saturated rings. The molecule has 1 saturated carbocycles. The van der Waals surface area contributed by atoms with Crippen molar-refractivity contribution >= 4 is 16.8 Å². The van der Waals surface area contributed by atoms with E-state index < -0.39 is 0 Å². The first kappa shape index (κ1) is 26.7. The third-order valence-electron chi connectivity index (χ3n) is 8.59. The van der Waals surface area contributed by atoms with Crippen molar-refractivity contribution in [2.24, 2.45) is 11.8 Å². The third kappa shape index (κ3) is 6.55. The van der Waals surface area contributed by atoms with E-state index in [4.69, 9.17) is 14.0 Å². The number of benzene rings is 2. The van der Waals surface area contributed by atoms with E-state index in [0.29, 0.717) is 36.0 Å². The summed E-state index contributed by atoms with van der Waals surface area (Å²) in [5.74, 6) is 3.11. The van der Waals surface area contributed by atoms with Crippen molar-refractivity contribution in [3.8, 4) is 11.5 Å². The molecule has 38 heavy (non-hydrogen) atoms. The fraction of sp³-hybridized carbons (Fsp3) is 0.548. The smallest absolute Gasteiger partial charge is 0.170 e. The van der Waals surface area contributed by atoms with Gasteiger partial charge in [0.15, 0.2) is 5.58 Å². The number of likely N-dealkylation sites (tertiary alicyclic amines) is 1. The molecule has 0 unspecified atom stereocenters. The van der Waals surface area contributed by atoms with Crippen molar-refractivity contribution in [2.75, 3.05) is 33.9 Å². The zero-order valence-electron chi connectivity index (χ0n) is 22.6. The summed E-state index contributed by atoms with van der Waals surface area (Å²) in [7, 11) is 3.26. The van der Waals surface area contributed by atoms with Crippen molar-refractivity contribution in [2.45, 2.75) is 63.7 Å². The Morgan fingerprint density at radius 3 is 2.34 bits per heavy atom. The van der Waals surface area contributed by atoms with Crippen LogP contribution < -0.4 is 9.47 Å². The van der Waals surface area contributed by atoms with Gasteiger partial charge in [-0.05, 0) is 93.4 Å². The van der Waals surface area contributed by atoms with Gasteiger partial charge in [-0.2, -0.15) is 0 Å². The molecule has 0 bridgehead atoms. The zero-order chi connectivity index (χ0) is 26.5. The minimum Gasteiger partial charge on any atom is -0.497 e. The van der Waals surface area contributed by atoms with Gasteiger partial charge >= 0.3 is 0 Å². The van der Waals surface area contributed by atoms with Gasteiger partial charge in [-0.3, -0.25) is 4.79 Å². The normalized spacial score (nSPS) is 21.0. The average Bonchev–Trinajstić information content (AvgIpc) is 3.35. The molecule has 3 aromatic rings. The van der Waals surface area contributed by atoms with Crippen LogP contribution in [0.4, 0.5) is 4.39 Å². The molecule has 0 spiro atoms. The number of nitrogens with zero attached hydrogens (tertiary/aromatic N) is 2. The molecule has 0 atom stereocenters. The van der Waals surface area contributed by atoms with Crippen LogP contribution in [0.3, 0.4) is 0 Å². The first-order chi connectivity index (χ1) is 18.5. The number of aromatic nitrogens is 1. The number of methoxy groups -OCH3 is 2. The Balaban J connectivity index is 1.01. The van der Waals surface area contributed by atoms with Gasteiger partial charge in [-0.25, -0.2) is 4.39 Å². The molecule has 0 N–H and O–H groups in total. The molecule has 1 aromatic heterocycles. The fourth-order valence-electron chi connectivity index (χ4n) is 6.33. The second-order valence-electron chi connectivity index (χ2n) is 11.1. The van der Waals surface area contributed by atoms with Crippen LogP contribution in [0.25, 0.3) is 11.0 Å². The lowest BCUT2D eigenvalue weighted by molar-refractivity contribution is -0.119. The standard InChI is InChI=1S/C31H39FN2O4/c1-36-27-17-23(18-28(20-27)37-2)16-26(35)15-22-5-3-21(4-6-22)9-12-34-13-10-24(11-14-34)31-29-8-7-25(32)19-30(29)38-33-31/h7-8,17-22,24H,3-6,9-16H2,1-2H3. The number of carbonyl (C=O) groups excluding carboxylic acids is 1. The molecule has 7 heteroatoms. The van der Waals surface area contributed by atoms with E-state index >= 15 is 0 Å². The van der Waals surface area contributed by atoms with Crippen molar-refractivity contribution in [1.29, 1.82) is 0 Å². The van der Waals surface area contributed by atoms with Crippen molar-refractivity contribution in [1.82, 2.24) is 10.1 Å². The Morgan fingerprint density at radius 2 is 1.66 bits per heavy atom. The van der Waals surface area contributed by atoms with Crippen LogP contribution in [0.5, 0.6) is 11.5 Å². The maximum atomic E-state index is 13.5. The molecule has 5 rings (SSSR count). The molecule has 1 saturated heterocycles. The van der Waals surface area contributed by atoms with Gasteiger partial charge in [-0.1, -0.05) is 18.0 Å². The molecular weight excluding hydrogens is 483 g/mol. The second kappa shape index (κ2) is 12.3. The van der Waals surface area contributed by atoms with Gasteiger partial charge in [0.05, 0.1) is 19.9 Å². The quantitative estimate of drug-likeness (QED) is 0.300. The molecule has 0 radical (unpaired) electrons. The summed E-state index contributed by atoms with van der Waals surface area (Å²) in [5, 5.41) is 5.22. The zero-order valence-corrected chi connectivity index (χ0v) is 22.6. The van der Waals surface area contributed by atoms with Crippen LogP contribution >= 0.6 is 0 Å². The van der Waals surface area contributed by atoms with E-state index in [2.05, 4.69) is 10.1 Å². The Bertz CT molecular complexity index is 1200. The summed E-state index contributed by atoms with van der Waals surface area (Å²) in [4.78, 5) is 15.4. The van der Waals surface area contributed by atoms with Crippen LogP contribution in [0.1, 0.15) is 68.5 Å². The molecule has 1 aliphatic heterocycles. The summed E-state index contributed by atoms with van der Waals surface area (Å²) in [6.45, 7) is 3.28. The maximum Gasteiger partial charge on any atom is 0.170 e. The highest BCUT2D eigenvalue weighted by atomic mass is 19.1. The fourth-order valence-corrected chi connectivity index (χ4v) is 6.33. The number of hydrogen-bond donors (Lipinski definition) is 0. The minimum atomic E-state index is -0.287. The summed E-state index contributed by atoms with van der Waals surface area (Å²) >= 11 is 0. The predicted octanol–water partition coefficient (Wildman–Crippen LogP) is 6.56. The molecule has 2 aromatic carbocycles. The Labute approximate surface area is 224 Å². The molecule has 2 heterocycles. The first-order valence-electron chi connectivity index (χ1n) is 14.0. The van der Waals surface area contributed by atoms with E-state index in [-0.39, 0.29) is 5.82 Å². The summed E-state index contributed by atoms with van der Waals surface area (Å²) < 4.78 is 29.5. The molecule has 6 nitrogen and oxygen atoms in total. The number of carbonyl (C=O) groups is 1. The lowest BCUT2D eigenvalue weighted by atomic mass is 9.78. The first-order valence-corrected chi connectivity index (χ1v) is 14.0. The van der Waals surface area contributed by atoms with Crippen LogP contribution in [-0.4, -0.2) is 49.7 Å². The number of hydrogen-bond acceptors (Lipinski definition) is 6. The average molecular weight is 523 g/mol. The number of Topliss-reactive ketones (excluding diaryl/α,β-unsaturated/α-hetero) is 1. The van der Waals surface area contributed by atoms with Crippen LogP contribution in [0.15, 0.2) is 40.9 Å². The number of ketones is 1. The van der Waals surface area contributed by atoms with Crippen molar-refractivity contribution in [3.63, 3.8) is 0 Å². The lowest BCUT2D eigenvalue weighted by Crippen LogP contribution is -2.35. The van der Waals surface area contributed by atoms with E-state index in [0.717, 1.165) is 79.4 Å². The highest BCUT2D eigenvalue weighted by Gasteiger charge is 2.27. The Hall–Kier alpha value is -2.93. The van der Waals surface area contributed by atoms with E-state index in [1.54, 1.807) is 20.3 Å². The van der Waals surface area contributed by atoms with Gasteiger partial charge in [0.2, 0.25) is 0 Å². The van der Waals surface area contributed by atoms with Gasteiger partial charge in [0.25, 0.3) is 0 Å². The number of fused-ring (bicyclic) bond motifs is 1. The van der Waals surface area contributed by atoms with Gasteiger partial charge in [-0.15, -0.1) is 0 Å². The van der Waals surface area contributed by atoms with Crippen LogP contribution in [0.2, 0.25) is 0 Å². The summed E-state index contributed by atoms with van der Waals surface area (Å²) in [5.41, 5.74) is 2.48. The molecule has 2 aliphatic rings. The van der Waals surface area contributed by atoms with E-state index in [1.807, 2.05) is 18.2 Å². The Morgan fingerprint density at radius 1 is 0.974 bits per heavy atom. The van der Waals surface area contributed by atoms with Crippen LogP contribution in [-0.2, 0) is 11.2 Å². The number of ether oxygens (including phenoxy) is 2. The molecule has 1 aliphatic carbocycles. The van der Waals surface area contributed by atoms with Crippen molar-refractivity contribution < 1.29 is 23.2 Å². The predicted molar refractivity (Wildman–Crippen MR) is 145 cm³/mol. The van der Waals surface area contributed by atoms with Gasteiger partial charge in [0.1, 0.15) is 23.1 Å². The van der Waals surface area contributed by atoms with Gasteiger partial charge < -0.3 is 18.9 Å². The van der Waals surface area contributed by atoms with E-state index in [9.17, 15) is 9.18 Å². The topological polar surface area (TPSA) is 64.8 Å². The van der Waals surface area contributed by atoms with Crippen molar-refractivity contribution in [3.05, 3.63) is 53.5 Å². The van der Waals surface area contributed by atoms with E-state index in [1.165, 1.54) is 31.4 Å². The molecule has 204 valence electrons. The molecular formula is C31H39FN2O4. The number of piperidine rings is 1. The summed E-state index contributed by atoms with van der Waals surface area (Å²) in [6, 6.07) is 10.4. The molecule has 0 amide bonds. The number of halogens is 1. The number of rotatable bonds is 10. The maximum absolute atomic E-state index is 13.5. The SMILES string of the molecule is COc1cc(CC(=O)CC2CCC(CCN3CCC(c4noc5cc(F)ccc45)CC3)CC2)cc(OC)c1. The second-order valence-corrected chi connectivity index (χ2v) is 11.1. The highest BCUT2D eigenvalue weighted by molar-refractivity contribution is 5.81. The lowest BCUT2D eigenvalue weighted by Gasteiger charge is -2.34. The summed E-state index contributed by atoms with van der Waals surface area (Å²) in [6.07, 6.45) is 9.22. The highest BCUT2D eigenvalue weighted by Crippen LogP contribution is 2.35. The minimum absolute atomic E-state index is 0.287.